The summed E-state index contributed by atoms with van der Waals surface area (Å²) in [5.74, 6) is -1.10. The summed E-state index contributed by atoms with van der Waals surface area (Å²) in [4.78, 5) is 34.0. The Morgan fingerprint density at radius 1 is 0.938 bits per heavy atom. The van der Waals surface area contributed by atoms with E-state index in [9.17, 15) is 14.7 Å². The summed E-state index contributed by atoms with van der Waals surface area (Å²) < 4.78 is 5.16. The molecule has 3 aromatic rings. The number of phenols is 1. The number of rotatable bonds is 5. The molecule has 32 heavy (non-hydrogen) atoms. The molecule has 2 aliphatic heterocycles. The lowest BCUT2D eigenvalue weighted by molar-refractivity contribution is -0.143. The lowest BCUT2D eigenvalue weighted by atomic mass is 9.90. The van der Waals surface area contributed by atoms with Crippen LogP contribution in [0.15, 0.2) is 78.9 Å². The van der Waals surface area contributed by atoms with Gasteiger partial charge in [0, 0.05) is 0 Å². The molecule has 0 saturated carbocycles. The zero-order valence-electron chi connectivity index (χ0n) is 17.4. The van der Waals surface area contributed by atoms with Gasteiger partial charge in [-0.25, -0.2) is 5.06 Å². The number of phenolic OH excluding ortho intramolecular Hbond substituents is 1. The van der Waals surface area contributed by atoms with Crippen molar-refractivity contribution in [1.82, 2.24) is 4.90 Å². The van der Waals surface area contributed by atoms with Crippen LogP contribution in [0.3, 0.4) is 0 Å². The molecular weight excluding hydrogens is 408 g/mol. The van der Waals surface area contributed by atoms with Gasteiger partial charge in [-0.3, -0.25) is 19.3 Å². The second kappa shape index (κ2) is 8.01. The van der Waals surface area contributed by atoms with E-state index in [1.807, 2.05) is 60.7 Å². The highest BCUT2D eigenvalue weighted by atomic mass is 16.7. The van der Waals surface area contributed by atoms with Crippen LogP contribution in [0.1, 0.15) is 17.2 Å². The standard InChI is InChI=1S/C25H22N2O5/c1-31-20-13-12-17(14-19(20)28)22-21-23(32-27(22)18-10-6-3-7-11-18)25(30)26(24(21)29)15-16-8-4-2-5-9-16/h2-14,21-23,28H,15H2,1H3/t21-,22-,23-/m1/s1. The molecule has 162 valence electrons. The molecule has 0 unspecified atom stereocenters. The van der Waals surface area contributed by atoms with Crippen molar-refractivity contribution in [3.05, 3.63) is 90.0 Å². The predicted octanol–water partition coefficient (Wildman–Crippen LogP) is 3.45. The molecule has 5 rings (SSSR count). The fourth-order valence-corrected chi connectivity index (χ4v) is 4.42. The number of ether oxygens (including phenoxy) is 1. The molecule has 0 aliphatic carbocycles. The Morgan fingerprint density at radius 2 is 1.62 bits per heavy atom. The fraction of sp³-hybridized carbons (Fsp3) is 0.200. The molecule has 7 heteroatoms. The lowest BCUT2D eigenvalue weighted by Crippen LogP contribution is -2.36. The van der Waals surface area contributed by atoms with Gasteiger partial charge in [-0.05, 0) is 35.4 Å². The van der Waals surface area contributed by atoms with E-state index >= 15 is 0 Å². The van der Waals surface area contributed by atoms with Crippen LogP contribution >= 0.6 is 0 Å². The first-order chi connectivity index (χ1) is 15.6. The van der Waals surface area contributed by atoms with Gasteiger partial charge in [0.2, 0.25) is 5.91 Å². The van der Waals surface area contributed by atoms with Gasteiger partial charge in [-0.1, -0.05) is 54.6 Å². The predicted molar refractivity (Wildman–Crippen MR) is 117 cm³/mol. The summed E-state index contributed by atoms with van der Waals surface area (Å²) >= 11 is 0. The molecule has 0 aromatic heterocycles. The maximum atomic E-state index is 13.5. The summed E-state index contributed by atoms with van der Waals surface area (Å²) in [5, 5.41) is 12.0. The SMILES string of the molecule is COc1ccc([C@@H]2[C@H]3C(=O)N(Cc4ccccc4)C(=O)[C@@H]3ON2c2ccccc2)cc1O. The van der Waals surface area contributed by atoms with E-state index in [4.69, 9.17) is 9.57 Å². The van der Waals surface area contributed by atoms with Crippen LogP contribution in [0.2, 0.25) is 0 Å². The second-order valence-electron chi connectivity index (χ2n) is 7.84. The Balaban J connectivity index is 1.54. The van der Waals surface area contributed by atoms with E-state index in [2.05, 4.69) is 0 Å². The molecule has 0 radical (unpaired) electrons. The molecule has 1 N–H and O–H groups in total. The lowest BCUT2D eigenvalue weighted by Gasteiger charge is -2.29. The van der Waals surface area contributed by atoms with Crippen molar-refractivity contribution in [3.8, 4) is 11.5 Å². The molecular formula is C25H22N2O5. The number of nitrogens with zero attached hydrogens (tertiary/aromatic N) is 2. The van der Waals surface area contributed by atoms with Crippen LogP contribution in [0.5, 0.6) is 11.5 Å². The Labute approximate surface area is 185 Å². The van der Waals surface area contributed by atoms with Gasteiger partial charge in [0.05, 0.1) is 25.4 Å². The van der Waals surface area contributed by atoms with Crippen LogP contribution in [0, 0.1) is 5.92 Å². The van der Waals surface area contributed by atoms with Crippen LogP contribution < -0.4 is 9.80 Å². The summed E-state index contributed by atoms with van der Waals surface area (Å²) in [7, 11) is 1.47. The number of carbonyl (C=O) groups is 2. The molecule has 2 saturated heterocycles. The normalized spacial score (nSPS) is 22.3. The average molecular weight is 430 g/mol. The molecule has 3 aromatic carbocycles. The van der Waals surface area contributed by atoms with Gasteiger partial charge in [-0.2, -0.15) is 0 Å². The summed E-state index contributed by atoms with van der Waals surface area (Å²) in [6.45, 7) is 0.195. The summed E-state index contributed by atoms with van der Waals surface area (Å²) in [5.41, 5.74) is 2.24. The van der Waals surface area contributed by atoms with E-state index in [1.165, 1.54) is 12.0 Å². The average Bonchev–Trinajstić information content (AvgIpc) is 3.32. The van der Waals surface area contributed by atoms with Crippen molar-refractivity contribution in [2.24, 2.45) is 5.92 Å². The minimum Gasteiger partial charge on any atom is -0.504 e. The van der Waals surface area contributed by atoms with Crippen molar-refractivity contribution in [2.75, 3.05) is 12.2 Å². The number of benzene rings is 3. The van der Waals surface area contributed by atoms with Crippen LogP contribution in [0.4, 0.5) is 5.69 Å². The van der Waals surface area contributed by atoms with Crippen molar-refractivity contribution in [2.45, 2.75) is 18.7 Å². The highest BCUT2D eigenvalue weighted by Gasteiger charge is 2.59. The molecule has 2 fully saturated rings. The van der Waals surface area contributed by atoms with Gasteiger partial charge in [0.15, 0.2) is 17.6 Å². The van der Waals surface area contributed by atoms with Gasteiger partial charge in [0.25, 0.3) is 5.91 Å². The smallest absolute Gasteiger partial charge is 0.262 e. The zero-order chi connectivity index (χ0) is 22.2. The maximum Gasteiger partial charge on any atom is 0.262 e. The minimum atomic E-state index is -0.930. The number of amides is 2. The van der Waals surface area contributed by atoms with Crippen molar-refractivity contribution >= 4 is 17.5 Å². The number of hydrogen-bond donors (Lipinski definition) is 1. The number of para-hydroxylation sites is 1. The highest BCUT2D eigenvalue weighted by Crippen LogP contribution is 2.48. The Hall–Kier alpha value is -3.84. The fourth-order valence-electron chi connectivity index (χ4n) is 4.42. The first kappa shape index (κ1) is 20.1. The van der Waals surface area contributed by atoms with E-state index < -0.39 is 18.1 Å². The van der Waals surface area contributed by atoms with E-state index in [-0.39, 0.29) is 24.1 Å². The molecule has 7 nitrogen and oxygen atoms in total. The van der Waals surface area contributed by atoms with Gasteiger partial charge in [0.1, 0.15) is 5.92 Å². The number of fused-ring (bicyclic) bond motifs is 1. The third-order valence-electron chi connectivity index (χ3n) is 5.95. The number of hydroxylamine groups is 1. The summed E-state index contributed by atoms with van der Waals surface area (Å²) in [6.07, 6.45) is -0.930. The quantitative estimate of drug-likeness (QED) is 0.625. The van der Waals surface area contributed by atoms with Gasteiger partial charge < -0.3 is 9.84 Å². The number of methoxy groups -OCH3 is 1. The third-order valence-corrected chi connectivity index (χ3v) is 5.95. The largest absolute Gasteiger partial charge is 0.504 e. The zero-order valence-corrected chi connectivity index (χ0v) is 17.4. The first-order valence-electron chi connectivity index (χ1n) is 10.4. The monoisotopic (exact) mass is 430 g/mol. The van der Waals surface area contributed by atoms with Crippen LogP contribution in [-0.4, -0.2) is 35.0 Å². The second-order valence-corrected chi connectivity index (χ2v) is 7.84. The number of aromatic hydroxyl groups is 1. The number of imide groups is 1. The number of anilines is 1. The number of carbonyl (C=O) groups excluding carboxylic acids is 2. The Bertz CT molecular complexity index is 1150. The Kier molecular flexibility index (Phi) is 5.03. The summed E-state index contributed by atoms with van der Waals surface area (Å²) in [6, 6.07) is 23.1. The topological polar surface area (TPSA) is 79.3 Å². The van der Waals surface area contributed by atoms with Gasteiger partial charge >= 0.3 is 0 Å². The van der Waals surface area contributed by atoms with Crippen molar-refractivity contribution in [3.63, 3.8) is 0 Å². The Morgan fingerprint density at radius 3 is 2.28 bits per heavy atom. The maximum absolute atomic E-state index is 13.5. The molecule has 0 spiro atoms. The van der Waals surface area contributed by atoms with Crippen molar-refractivity contribution < 1.29 is 24.3 Å². The minimum absolute atomic E-state index is 0.0422. The molecule has 0 bridgehead atoms. The van der Waals surface area contributed by atoms with E-state index in [0.717, 1.165) is 11.3 Å². The van der Waals surface area contributed by atoms with Gasteiger partial charge in [-0.15, -0.1) is 0 Å². The molecule has 2 amide bonds. The third kappa shape index (κ3) is 3.27. The van der Waals surface area contributed by atoms with E-state index in [1.54, 1.807) is 23.3 Å². The molecule has 2 heterocycles. The number of likely N-dealkylation sites (tertiary alicyclic amines) is 1. The molecule has 2 aliphatic rings. The highest BCUT2D eigenvalue weighted by molar-refractivity contribution is 6.07. The van der Waals surface area contributed by atoms with Crippen LogP contribution in [0.25, 0.3) is 0 Å². The van der Waals surface area contributed by atoms with E-state index in [0.29, 0.717) is 11.3 Å². The molecule has 3 atom stereocenters. The van der Waals surface area contributed by atoms with Crippen LogP contribution in [-0.2, 0) is 21.0 Å². The van der Waals surface area contributed by atoms with Crippen molar-refractivity contribution in [1.29, 1.82) is 0 Å². The number of hydrogen-bond acceptors (Lipinski definition) is 6. The first-order valence-corrected chi connectivity index (χ1v) is 10.4.